The molecule has 0 fully saturated rings. The van der Waals surface area contributed by atoms with Crippen molar-refractivity contribution < 1.29 is 0 Å². The minimum atomic E-state index is 0.879. The molecule has 0 aromatic heterocycles. The molecule has 0 bridgehead atoms. The lowest BCUT2D eigenvalue weighted by Gasteiger charge is -2.11. The van der Waals surface area contributed by atoms with Crippen LogP contribution in [0.3, 0.4) is 0 Å². The first-order valence-corrected chi connectivity index (χ1v) is 18.9. The maximum absolute atomic E-state index is 2.45. The van der Waals surface area contributed by atoms with Crippen LogP contribution in [0.5, 0.6) is 0 Å². The molecule has 0 spiro atoms. The summed E-state index contributed by atoms with van der Waals surface area (Å²) < 4.78 is 0. The van der Waals surface area contributed by atoms with E-state index in [2.05, 4.69) is 44.2 Å². The van der Waals surface area contributed by atoms with Crippen LogP contribution in [0.1, 0.15) is 212 Å². The highest BCUT2D eigenvalue weighted by atomic mass is 14.1. The third-order valence-electron chi connectivity index (χ3n) is 9.32. The van der Waals surface area contributed by atoms with Crippen LogP contribution in [-0.4, -0.2) is 0 Å². The average Bonchev–Trinajstić information content (AvgIpc) is 2.98. The zero-order valence-electron chi connectivity index (χ0n) is 27.9. The van der Waals surface area contributed by atoms with Crippen molar-refractivity contribution in [2.75, 3.05) is 0 Å². The predicted octanol–water partition coefficient (Wildman–Crippen LogP) is 14.6. The molecule has 0 amide bonds. The first-order chi connectivity index (χ1) is 19.8. The molecular formula is C40H74. The van der Waals surface area contributed by atoms with E-state index in [1.165, 1.54) is 205 Å². The molecule has 0 aliphatic carbocycles. The lowest BCUT2D eigenvalue weighted by molar-refractivity contribution is 0.454. The molecule has 0 heterocycles. The minimum absolute atomic E-state index is 0.879. The van der Waals surface area contributed by atoms with E-state index in [9.17, 15) is 0 Å². The van der Waals surface area contributed by atoms with E-state index in [1.54, 1.807) is 0 Å². The van der Waals surface area contributed by atoms with Crippen LogP contribution in [-0.2, 0) is 6.42 Å². The summed E-state index contributed by atoms with van der Waals surface area (Å²) in [5.74, 6) is 0.879. The topological polar surface area (TPSA) is 0 Å². The number of aryl methyl sites for hydroxylation is 1. The number of hydrogen-bond acceptors (Lipinski definition) is 0. The smallest absolute Gasteiger partial charge is 0.0276 e. The van der Waals surface area contributed by atoms with E-state index in [0.29, 0.717) is 0 Å². The van der Waals surface area contributed by atoms with Crippen molar-refractivity contribution in [2.45, 2.75) is 213 Å². The zero-order valence-corrected chi connectivity index (χ0v) is 27.9. The van der Waals surface area contributed by atoms with Crippen LogP contribution >= 0.6 is 0 Å². The standard InChI is InChI=1S/C40H74/c1-3-4-5-6-7-8-9-10-11-12-13-14-15-16-17-18-19-20-21-22-23-24-25-26-27-28-29-31-34-39(2)37-38-40-35-32-30-33-36-40/h30,32-33,35-36,39H,3-29,31,34,37-38H2,1-2H3. The van der Waals surface area contributed by atoms with Crippen LogP contribution < -0.4 is 0 Å². The Kier molecular flexibility index (Phi) is 29.0. The number of benzene rings is 1. The summed E-state index contributed by atoms with van der Waals surface area (Å²) in [7, 11) is 0. The first kappa shape index (κ1) is 37.2. The maximum Gasteiger partial charge on any atom is -0.0276 e. The quantitative estimate of drug-likeness (QED) is 0.0777. The second kappa shape index (κ2) is 31.2. The van der Waals surface area contributed by atoms with Gasteiger partial charge in [-0.15, -0.1) is 0 Å². The Hall–Kier alpha value is -0.780. The van der Waals surface area contributed by atoms with Crippen LogP contribution in [0.4, 0.5) is 0 Å². The van der Waals surface area contributed by atoms with E-state index in [-0.39, 0.29) is 0 Å². The minimum Gasteiger partial charge on any atom is -0.0654 e. The van der Waals surface area contributed by atoms with Crippen molar-refractivity contribution in [1.29, 1.82) is 0 Å². The monoisotopic (exact) mass is 555 g/mol. The normalized spacial score (nSPS) is 12.2. The van der Waals surface area contributed by atoms with Crippen LogP contribution in [0.15, 0.2) is 30.3 Å². The summed E-state index contributed by atoms with van der Waals surface area (Å²) in [5.41, 5.74) is 1.50. The van der Waals surface area contributed by atoms with Gasteiger partial charge in [-0.2, -0.15) is 0 Å². The SMILES string of the molecule is CCCCCCCCCCCCCCCCCCCCCCCCCCCCCCC(C)CCc1ccccc1. The highest BCUT2D eigenvalue weighted by Gasteiger charge is 2.03. The molecule has 0 nitrogen and oxygen atoms in total. The van der Waals surface area contributed by atoms with Gasteiger partial charge in [-0.1, -0.05) is 230 Å². The molecule has 0 heteroatoms. The van der Waals surface area contributed by atoms with E-state index < -0.39 is 0 Å². The van der Waals surface area contributed by atoms with Gasteiger partial charge in [-0.25, -0.2) is 0 Å². The van der Waals surface area contributed by atoms with E-state index in [1.807, 2.05) is 0 Å². The Balaban J connectivity index is 1.66. The van der Waals surface area contributed by atoms with Crippen LogP contribution in [0.2, 0.25) is 0 Å². The average molecular weight is 555 g/mol. The lowest BCUT2D eigenvalue weighted by Crippen LogP contribution is -1.97. The summed E-state index contributed by atoms with van der Waals surface area (Å²) in [6.07, 6.45) is 45.4. The highest BCUT2D eigenvalue weighted by molar-refractivity contribution is 5.14. The van der Waals surface area contributed by atoms with Crippen molar-refractivity contribution in [3.63, 3.8) is 0 Å². The number of unbranched alkanes of at least 4 members (excludes halogenated alkanes) is 27. The van der Waals surface area contributed by atoms with Crippen molar-refractivity contribution in [1.82, 2.24) is 0 Å². The number of rotatable bonds is 32. The molecule has 0 aliphatic heterocycles. The molecule has 0 N–H and O–H groups in total. The van der Waals surface area contributed by atoms with Gasteiger partial charge in [0.2, 0.25) is 0 Å². The van der Waals surface area contributed by atoms with Gasteiger partial charge in [0.15, 0.2) is 0 Å². The third-order valence-corrected chi connectivity index (χ3v) is 9.32. The Morgan fingerprint density at radius 3 is 1.00 bits per heavy atom. The largest absolute Gasteiger partial charge is 0.0654 e. The van der Waals surface area contributed by atoms with E-state index >= 15 is 0 Å². The summed E-state index contributed by atoms with van der Waals surface area (Å²) >= 11 is 0. The Bertz CT molecular complexity index is 575. The van der Waals surface area contributed by atoms with Crippen molar-refractivity contribution in [3.8, 4) is 0 Å². The Morgan fingerprint density at radius 1 is 0.375 bits per heavy atom. The molecule has 0 saturated carbocycles. The fraction of sp³-hybridized carbons (Fsp3) is 0.850. The van der Waals surface area contributed by atoms with Crippen molar-refractivity contribution in [3.05, 3.63) is 35.9 Å². The molecule has 1 rings (SSSR count). The molecule has 1 aromatic rings. The van der Waals surface area contributed by atoms with Gasteiger partial charge in [0.05, 0.1) is 0 Å². The summed E-state index contributed by atoms with van der Waals surface area (Å²) in [6.45, 7) is 4.76. The van der Waals surface area contributed by atoms with Gasteiger partial charge >= 0.3 is 0 Å². The fourth-order valence-electron chi connectivity index (χ4n) is 6.36. The highest BCUT2D eigenvalue weighted by Crippen LogP contribution is 2.19. The van der Waals surface area contributed by atoms with E-state index in [4.69, 9.17) is 0 Å². The van der Waals surface area contributed by atoms with Gasteiger partial charge in [0.1, 0.15) is 0 Å². The number of hydrogen-bond donors (Lipinski definition) is 0. The summed E-state index contributed by atoms with van der Waals surface area (Å²) in [5, 5.41) is 0. The van der Waals surface area contributed by atoms with Gasteiger partial charge in [-0.05, 0) is 24.3 Å². The Labute approximate surface area is 254 Å². The first-order valence-electron chi connectivity index (χ1n) is 18.9. The summed E-state index contributed by atoms with van der Waals surface area (Å²) in [6, 6.07) is 11.0. The summed E-state index contributed by atoms with van der Waals surface area (Å²) in [4.78, 5) is 0. The second-order valence-corrected chi connectivity index (χ2v) is 13.5. The van der Waals surface area contributed by atoms with Crippen LogP contribution in [0.25, 0.3) is 0 Å². The van der Waals surface area contributed by atoms with Crippen molar-refractivity contribution in [2.24, 2.45) is 5.92 Å². The zero-order chi connectivity index (χ0) is 28.6. The molecule has 0 saturated heterocycles. The van der Waals surface area contributed by atoms with Crippen LogP contribution in [0, 0.1) is 5.92 Å². The van der Waals surface area contributed by atoms with Gasteiger partial charge in [-0.3, -0.25) is 0 Å². The third kappa shape index (κ3) is 27.4. The molecule has 1 aromatic carbocycles. The van der Waals surface area contributed by atoms with E-state index in [0.717, 1.165) is 5.92 Å². The Morgan fingerprint density at radius 2 is 0.675 bits per heavy atom. The van der Waals surface area contributed by atoms with Gasteiger partial charge < -0.3 is 0 Å². The lowest BCUT2D eigenvalue weighted by atomic mass is 9.95. The molecule has 0 radical (unpaired) electrons. The molecule has 1 unspecified atom stereocenters. The molecule has 234 valence electrons. The van der Waals surface area contributed by atoms with Crippen molar-refractivity contribution >= 4 is 0 Å². The maximum atomic E-state index is 2.45. The predicted molar refractivity (Wildman–Crippen MR) is 183 cm³/mol. The molecular weight excluding hydrogens is 480 g/mol. The molecule has 40 heavy (non-hydrogen) atoms. The fourth-order valence-corrected chi connectivity index (χ4v) is 6.36. The van der Waals surface area contributed by atoms with Gasteiger partial charge in [0, 0.05) is 0 Å². The second-order valence-electron chi connectivity index (χ2n) is 13.5. The van der Waals surface area contributed by atoms with Gasteiger partial charge in [0.25, 0.3) is 0 Å². The molecule has 0 aliphatic rings. The molecule has 1 atom stereocenters.